The van der Waals surface area contributed by atoms with E-state index in [0.29, 0.717) is 18.2 Å². The van der Waals surface area contributed by atoms with E-state index in [-0.39, 0.29) is 5.63 Å². The van der Waals surface area contributed by atoms with E-state index in [1.165, 1.54) is 11.1 Å². The van der Waals surface area contributed by atoms with Crippen LogP contribution in [0.4, 0.5) is 0 Å². The summed E-state index contributed by atoms with van der Waals surface area (Å²) in [5.41, 5.74) is 3.98. The van der Waals surface area contributed by atoms with Gasteiger partial charge in [-0.15, -0.1) is 0 Å². The third-order valence-corrected chi connectivity index (χ3v) is 5.41. The lowest BCUT2D eigenvalue weighted by molar-refractivity contribution is 0.320. The second-order valence-corrected chi connectivity index (χ2v) is 7.36. The maximum atomic E-state index is 12.0. The van der Waals surface area contributed by atoms with Crippen LogP contribution in [0.2, 0.25) is 0 Å². The van der Waals surface area contributed by atoms with Crippen molar-refractivity contribution in [1.29, 1.82) is 0 Å². The van der Waals surface area contributed by atoms with Crippen LogP contribution >= 0.6 is 0 Å². The van der Waals surface area contributed by atoms with E-state index < -0.39 is 0 Å². The third kappa shape index (κ3) is 4.29. The maximum absolute atomic E-state index is 12.0. The third-order valence-electron chi connectivity index (χ3n) is 5.41. The second-order valence-electron chi connectivity index (χ2n) is 7.36. The first kappa shape index (κ1) is 18.0. The average Bonchev–Trinajstić information content (AvgIpc) is 3.13. The quantitative estimate of drug-likeness (QED) is 0.679. The van der Waals surface area contributed by atoms with Crippen LogP contribution in [0.5, 0.6) is 0 Å². The summed E-state index contributed by atoms with van der Waals surface area (Å²) < 4.78 is 5.41. The number of aryl methyl sites for hydroxylation is 1. The number of hydrogen-bond donors (Lipinski definition) is 1. The Balaban J connectivity index is 1.41. The molecule has 0 spiro atoms. The van der Waals surface area contributed by atoms with E-state index in [9.17, 15) is 4.79 Å². The van der Waals surface area contributed by atoms with Gasteiger partial charge in [-0.05, 0) is 35.6 Å². The van der Waals surface area contributed by atoms with Gasteiger partial charge < -0.3 is 9.73 Å². The Morgan fingerprint density at radius 2 is 1.96 bits per heavy atom. The number of nitrogens with zero attached hydrogens (tertiary/aromatic N) is 1. The molecule has 1 N–H and O–H groups in total. The fourth-order valence-electron chi connectivity index (χ4n) is 3.88. The molecule has 27 heavy (non-hydrogen) atoms. The van der Waals surface area contributed by atoms with Crippen LogP contribution in [0.25, 0.3) is 11.0 Å². The highest BCUT2D eigenvalue weighted by atomic mass is 16.4. The molecule has 0 radical (unpaired) electrons. The number of nitrogens with one attached hydrogen (secondary N) is 1. The van der Waals surface area contributed by atoms with Gasteiger partial charge in [-0.1, -0.05) is 49.4 Å². The van der Waals surface area contributed by atoms with Crippen molar-refractivity contribution >= 4 is 11.0 Å². The van der Waals surface area contributed by atoms with Gasteiger partial charge in [0, 0.05) is 43.7 Å². The molecule has 4 heteroatoms. The smallest absolute Gasteiger partial charge is 0.336 e. The minimum Gasteiger partial charge on any atom is -0.423 e. The molecule has 4 rings (SSSR count). The molecular formula is C23H26N2O2. The fourth-order valence-corrected chi connectivity index (χ4v) is 3.88. The zero-order valence-corrected chi connectivity index (χ0v) is 15.8. The summed E-state index contributed by atoms with van der Waals surface area (Å²) in [6.07, 6.45) is 2.06. The van der Waals surface area contributed by atoms with E-state index in [0.717, 1.165) is 43.4 Å². The normalized spacial score (nSPS) is 17.6. The summed E-state index contributed by atoms with van der Waals surface area (Å²) in [6.45, 7) is 5.93. The van der Waals surface area contributed by atoms with Crippen LogP contribution in [-0.2, 0) is 19.5 Å². The standard InChI is InChI=1S/C23H26N2O2/c1-2-17-8-9-21-19(13-23(26)27-22(21)12-17)14-24-20-10-11-25(16-20)15-18-6-4-3-5-7-18/h3-9,12-13,20,24H,2,10-11,14-16H2,1H3/t20-/m0/s1. The molecule has 0 saturated carbocycles. The van der Waals surface area contributed by atoms with Crippen LogP contribution in [0.15, 0.2) is 63.8 Å². The van der Waals surface area contributed by atoms with Crippen molar-refractivity contribution in [1.82, 2.24) is 10.2 Å². The predicted molar refractivity (Wildman–Crippen MR) is 109 cm³/mol. The van der Waals surface area contributed by atoms with Gasteiger partial charge in [0.25, 0.3) is 0 Å². The van der Waals surface area contributed by atoms with Gasteiger partial charge in [0.1, 0.15) is 5.58 Å². The molecule has 0 unspecified atom stereocenters. The lowest BCUT2D eigenvalue weighted by atomic mass is 10.1. The van der Waals surface area contributed by atoms with Gasteiger partial charge >= 0.3 is 5.63 Å². The Kier molecular flexibility index (Phi) is 5.37. The molecule has 1 aromatic heterocycles. The van der Waals surface area contributed by atoms with E-state index in [2.05, 4.69) is 59.6 Å². The Bertz CT molecular complexity index is 965. The van der Waals surface area contributed by atoms with Gasteiger partial charge in [0.15, 0.2) is 0 Å². The molecule has 0 bridgehead atoms. The number of benzene rings is 2. The molecule has 140 valence electrons. The number of fused-ring (bicyclic) bond motifs is 1. The molecule has 0 amide bonds. The van der Waals surface area contributed by atoms with Crippen LogP contribution in [-0.4, -0.2) is 24.0 Å². The first-order chi connectivity index (χ1) is 13.2. The molecule has 1 saturated heterocycles. The SMILES string of the molecule is CCc1ccc2c(CN[C@H]3CCN(Cc4ccccc4)C3)cc(=O)oc2c1. The summed E-state index contributed by atoms with van der Waals surface area (Å²) in [6, 6.07) is 18.9. The zero-order valence-electron chi connectivity index (χ0n) is 15.8. The Morgan fingerprint density at radius 3 is 2.78 bits per heavy atom. The van der Waals surface area contributed by atoms with Gasteiger partial charge in [-0.3, -0.25) is 4.90 Å². The number of rotatable bonds is 6. The maximum Gasteiger partial charge on any atom is 0.336 e. The summed E-state index contributed by atoms with van der Waals surface area (Å²) in [5.74, 6) is 0. The first-order valence-corrected chi connectivity index (χ1v) is 9.76. The van der Waals surface area contributed by atoms with Gasteiger partial charge in [-0.25, -0.2) is 4.79 Å². The second kappa shape index (κ2) is 8.07. The molecule has 0 aliphatic carbocycles. The Labute approximate surface area is 159 Å². The van der Waals surface area contributed by atoms with E-state index in [1.807, 2.05) is 6.07 Å². The highest BCUT2D eigenvalue weighted by molar-refractivity contribution is 5.80. The average molecular weight is 362 g/mol. The van der Waals surface area contributed by atoms with Crippen molar-refractivity contribution in [2.45, 2.75) is 38.9 Å². The zero-order chi connectivity index (χ0) is 18.6. The number of likely N-dealkylation sites (tertiary alicyclic amines) is 1. The molecule has 1 aliphatic heterocycles. The minimum absolute atomic E-state index is 0.273. The largest absolute Gasteiger partial charge is 0.423 e. The Morgan fingerprint density at radius 1 is 1.11 bits per heavy atom. The summed E-state index contributed by atoms with van der Waals surface area (Å²) in [4.78, 5) is 14.4. The molecular weight excluding hydrogens is 336 g/mol. The molecule has 1 atom stereocenters. The molecule has 1 aliphatic rings. The summed E-state index contributed by atoms with van der Waals surface area (Å²) in [5, 5.41) is 4.67. The van der Waals surface area contributed by atoms with Gasteiger partial charge in [0.2, 0.25) is 0 Å². The van der Waals surface area contributed by atoms with Crippen LogP contribution < -0.4 is 10.9 Å². The lowest BCUT2D eigenvalue weighted by Gasteiger charge is -2.17. The van der Waals surface area contributed by atoms with E-state index >= 15 is 0 Å². The van der Waals surface area contributed by atoms with E-state index in [4.69, 9.17) is 4.42 Å². The number of hydrogen-bond acceptors (Lipinski definition) is 4. The van der Waals surface area contributed by atoms with Crippen molar-refractivity contribution in [3.8, 4) is 0 Å². The van der Waals surface area contributed by atoms with E-state index in [1.54, 1.807) is 6.07 Å². The predicted octanol–water partition coefficient (Wildman–Crippen LogP) is 3.72. The van der Waals surface area contributed by atoms with Crippen molar-refractivity contribution in [2.75, 3.05) is 13.1 Å². The van der Waals surface area contributed by atoms with Crippen molar-refractivity contribution < 1.29 is 4.42 Å². The lowest BCUT2D eigenvalue weighted by Crippen LogP contribution is -2.32. The fraction of sp³-hybridized carbons (Fsp3) is 0.348. The topological polar surface area (TPSA) is 45.5 Å². The molecule has 3 aromatic rings. The highest BCUT2D eigenvalue weighted by Gasteiger charge is 2.22. The van der Waals surface area contributed by atoms with Crippen molar-refractivity contribution in [3.05, 3.63) is 81.7 Å². The molecule has 4 nitrogen and oxygen atoms in total. The minimum atomic E-state index is -0.273. The molecule has 2 heterocycles. The van der Waals surface area contributed by atoms with Crippen molar-refractivity contribution in [3.63, 3.8) is 0 Å². The van der Waals surface area contributed by atoms with Crippen LogP contribution in [0, 0.1) is 0 Å². The van der Waals surface area contributed by atoms with Gasteiger partial charge in [0.05, 0.1) is 0 Å². The van der Waals surface area contributed by atoms with Crippen molar-refractivity contribution in [2.24, 2.45) is 0 Å². The van der Waals surface area contributed by atoms with Gasteiger partial charge in [-0.2, -0.15) is 0 Å². The molecule has 2 aromatic carbocycles. The Hall–Kier alpha value is -2.43. The van der Waals surface area contributed by atoms with Crippen LogP contribution in [0.3, 0.4) is 0 Å². The molecule has 1 fully saturated rings. The summed E-state index contributed by atoms with van der Waals surface area (Å²) >= 11 is 0. The van der Waals surface area contributed by atoms with Crippen LogP contribution in [0.1, 0.15) is 30.0 Å². The summed E-state index contributed by atoms with van der Waals surface area (Å²) in [7, 11) is 0. The first-order valence-electron chi connectivity index (χ1n) is 9.76. The monoisotopic (exact) mass is 362 g/mol. The highest BCUT2D eigenvalue weighted by Crippen LogP contribution is 2.20.